The standard InChI is InChI=1S/C18H18Cl4/c19-9-15-3-13(4-16(7-15)10-20)1-2-14-5-17(11-21)8-18(6-14)12-22/h3-8H,1-2,9-12H2. The molecule has 0 aliphatic carbocycles. The monoisotopic (exact) mass is 374 g/mol. The molecular formula is C18H18Cl4. The fourth-order valence-electron chi connectivity index (χ4n) is 2.56. The van der Waals surface area contributed by atoms with E-state index in [9.17, 15) is 0 Å². The zero-order chi connectivity index (χ0) is 15.9. The highest BCUT2D eigenvalue weighted by atomic mass is 35.5. The van der Waals surface area contributed by atoms with Gasteiger partial charge in [-0.1, -0.05) is 36.4 Å². The molecule has 0 unspecified atom stereocenters. The van der Waals surface area contributed by atoms with Crippen LogP contribution in [-0.4, -0.2) is 0 Å². The van der Waals surface area contributed by atoms with Crippen LogP contribution >= 0.6 is 46.4 Å². The lowest BCUT2D eigenvalue weighted by Gasteiger charge is -2.09. The quantitative estimate of drug-likeness (QED) is 0.489. The van der Waals surface area contributed by atoms with Crippen molar-refractivity contribution in [2.45, 2.75) is 36.4 Å². The maximum atomic E-state index is 5.95. The van der Waals surface area contributed by atoms with Crippen LogP contribution in [-0.2, 0) is 36.4 Å². The Balaban J connectivity index is 2.15. The van der Waals surface area contributed by atoms with E-state index in [-0.39, 0.29) is 0 Å². The van der Waals surface area contributed by atoms with Gasteiger partial charge in [0.15, 0.2) is 0 Å². The molecule has 0 aliphatic heterocycles. The second-order valence-electron chi connectivity index (χ2n) is 5.35. The molecule has 4 heteroatoms. The second kappa shape index (κ2) is 9.03. The summed E-state index contributed by atoms with van der Waals surface area (Å²) in [6, 6.07) is 12.7. The second-order valence-corrected chi connectivity index (χ2v) is 6.42. The third-order valence-corrected chi connectivity index (χ3v) is 4.78. The molecule has 118 valence electrons. The Morgan fingerprint density at radius 2 is 0.636 bits per heavy atom. The summed E-state index contributed by atoms with van der Waals surface area (Å²) in [5.41, 5.74) is 6.99. The van der Waals surface area contributed by atoms with Crippen molar-refractivity contribution >= 4 is 46.4 Å². The molecule has 2 rings (SSSR count). The first kappa shape index (κ1) is 17.9. The molecule has 2 aromatic rings. The van der Waals surface area contributed by atoms with Crippen LogP contribution in [0.3, 0.4) is 0 Å². The highest BCUT2D eigenvalue weighted by molar-refractivity contribution is 6.18. The maximum Gasteiger partial charge on any atom is 0.0474 e. The smallest absolute Gasteiger partial charge is 0.0474 e. The SMILES string of the molecule is ClCc1cc(CCl)cc(CCc2cc(CCl)cc(CCl)c2)c1. The highest BCUT2D eigenvalue weighted by Gasteiger charge is 2.04. The van der Waals surface area contributed by atoms with Crippen LogP contribution in [0.1, 0.15) is 33.4 Å². The molecule has 0 nitrogen and oxygen atoms in total. The van der Waals surface area contributed by atoms with Crippen molar-refractivity contribution in [3.8, 4) is 0 Å². The Kier molecular flexibility index (Phi) is 7.37. The topological polar surface area (TPSA) is 0 Å². The Hall–Kier alpha value is -0.400. The first-order valence-electron chi connectivity index (χ1n) is 7.15. The van der Waals surface area contributed by atoms with Gasteiger partial charge < -0.3 is 0 Å². The van der Waals surface area contributed by atoms with E-state index in [0.717, 1.165) is 35.1 Å². The van der Waals surface area contributed by atoms with E-state index < -0.39 is 0 Å². The fraction of sp³-hybridized carbons (Fsp3) is 0.333. The lowest BCUT2D eigenvalue weighted by atomic mass is 9.98. The number of benzene rings is 2. The molecule has 0 fully saturated rings. The molecule has 0 saturated carbocycles. The lowest BCUT2D eigenvalue weighted by Crippen LogP contribution is -1.97. The minimum atomic E-state index is 0.510. The number of alkyl halides is 4. The minimum Gasteiger partial charge on any atom is -0.122 e. The Bertz CT molecular complexity index is 522. The molecule has 0 heterocycles. The average Bonchev–Trinajstić information content (AvgIpc) is 2.59. The number of hydrogen-bond acceptors (Lipinski definition) is 0. The van der Waals surface area contributed by atoms with Gasteiger partial charge in [0.1, 0.15) is 0 Å². The Morgan fingerprint density at radius 1 is 0.409 bits per heavy atom. The van der Waals surface area contributed by atoms with E-state index in [1.165, 1.54) is 11.1 Å². The number of rotatable bonds is 7. The third-order valence-electron chi connectivity index (χ3n) is 3.54. The molecule has 2 aromatic carbocycles. The largest absolute Gasteiger partial charge is 0.122 e. The number of halogens is 4. The molecule has 0 aliphatic rings. The van der Waals surface area contributed by atoms with Crippen molar-refractivity contribution in [3.05, 3.63) is 69.8 Å². The van der Waals surface area contributed by atoms with Gasteiger partial charge in [-0.25, -0.2) is 0 Å². The molecule has 0 atom stereocenters. The Morgan fingerprint density at radius 3 is 0.864 bits per heavy atom. The van der Waals surface area contributed by atoms with E-state index >= 15 is 0 Å². The summed E-state index contributed by atoms with van der Waals surface area (Å²) in [6.45, 7) is 0. The predicted molar refractivity (Wildman–Crippen MR) is 98.5 cm³/mol. The number of hydrogen-bond donors (Lipinski definition) is 0. The fourth-order valence-corrected chi connectivity index (χ4v) is 3.18. The summed E-state index contributed by atoms with van der Waals surface area (Å²) >= 11 is 23.8. The van der Waals surface area contributed by atoms with Crippen LogP contribution in [0.5, 0.6) is 0 Å². The molecule has 22 heavy (non-hydrogen) atoms. The van der Waals surface area contributed by atoms with E-state index in [1.54, 1.807) is 0 Å². The van der Waals surface area contributed by atoms with Crippen molar-refractivity contribution in [1.29, 1.82) is 0 Å². The minimum absolute atomic E-state index is 0.510. The first-order valence-corrected chi connectivity index (χ1v) is 9.29. The molecule has 0 bridgehead atoms. The molecule has 0 spiro atoms. The van der Waals surface area contributed by atoms with Crippen LogP contribution in [0.2, 0.25) is 0 Å². The lowest BCUT2D eigenvalue weighted by molar-refractivity contribution is 0.948. The van der Waals surface area contributed by atoms with Gasteiger partial charge in [0.05, 0.1) is 0 Å². The average molecular weight is 376 g/mol. The predicted octanol–water partition coefficient (Wildman–Crippen LogP) is 6.43. The first-order chi connectivity index (χ1) is 10.7. The zero-order valence-electron chi connectivity index (χ0n) is 12.2. The van der Waals surface area contributed by atoms with Gasteiger partial charge in [-0.3, -0.25) is 0 Å². The van der Waals surface area contributed by atoms with Gasteiger partial charge >= 0.3 is 0 Å². The molecule has 0 aromatic heterocycles. The maximum absolute atomic E-state index is 5.95. The molecule has 0 saturated heterocycles. The summed E-state index contributed by atoms with van der Waals surface area (Å²) in [6.07, 6.45) is 1.89. The normalized spacial score (nSPS) is 10.9. The van der Waals surface area contributed by atoms with Crippen molar-refractivity contribution in [2.24, 2.45) is 0 Å². The van der Waals surface area contributed by atoms with Crippen molar-refractivity contribution < 1.29 is 0 Å². The van der Waals surface area contributed by atoms with Gasteiger partial charge in [-0.2, -0.15) is 0 Å². The molecule has 0 amide bonds. The van der Waals surface area contributed by atoms with Gasteiger partial charge in [0.2, 0.25) is 0 Å². The van der Waals surface area contributed by atoms with Gasteiger partial charge in [-0.15, -0.1) is 46.4 Å². The van der Waals surface area contributed by atoms with Crippen molar-refractivity contribution in [3.63, 3.8) is 0 Å². The Labute approximate surface area is 152 Å². The van der Waals surface area contributed by atoms with Crippen LogP contribution in [0.15, 0.2) is 36.4 Å². The van der Waals surface area contributed by atoms with Gasteiger partial charge in [-0.05, 0) is 46.2 Å². The van der Waals surface area contributed by atoms with Gasteiger partial charge in [0.25, 0.3) is 0 Å². The molecular weight excluding hydrogens is 358 g/mol. The van der Waals surface area contributed by atoms with Crippen LogP contribution in [0.25, 0.3) is 0 Å². The summed E-state index contributed by atoms with van der Waals surface area (Å²) < 4.78 is 0. The van der Waals surface area contributed by atoms with E-state index in [2.05, 4.69) is 36.4 Å². The van der Waals surface area contributed by atoms with Gasteiger partial charge in [0, 0.05) is 23.5 Å². The van der Waals surface area contributed by atoms with E-state index in [4.69, 9.17) is 46.4 Å². The number of aryl methyl sites for hydroxylation is 2. The van der Waals surface area contributed by atoms with Crippen LogP contribution in [0, 0.1) is 0 Å². The summed E-state index contributed by atoms with van der Waals surface area (Å²) in [5.74, 6) is 2.04. The van der Waals surface area contributed by atoms with Crippen LogP contribution in [0.4, 0.5) is 0 Å². The van der Waals surface area contributed by atoms with Crippen molar-refractivity contribution in [2.75, 3.05) is 0 Å². The van der Waals surface area contributed by atoms with E-state index in [0.29, 0.717) is 23.5 Å². The van der Waals surface area contributed by atoms with E-state index in [1.807, 2.05) is 0 Å². The highest BCUT2D eigenvalue weighted by Crippen LogP contribution is 2.19. The molecule has 0 N–H and O–H groups in total. The summed E-state index contributed by atoms with van der Waals surface area (Å²) in [7, 11) is 0. The van der Waals surface area contributed by atoms with Crippen LogP contribution < -0.4 is 0 Å². The molecule has 0 radical (unpaired) electrons. The zero-order valence-corrected chi connectivity index (χ0v) is 15.2. The third kappa shape index (κ3) is 5.06. The summed E-state index contributed by atoms with van der Waals surface area (Å²) in [4.78, 5) is 0. The van der Waals surface area contributed by atoms with Crippen molar-refractivity contribution in [1.82, 2.24) is 0 Å². The summed E-state index contributed by atoms with van der Waals surface area (Å²) in [5, 5.41) is 0.